The van der Waals surface area contributed by atoms with E-state index in [1.54, 1.807) is 18.4 Å². The second-order valence-corrected chi connectivity index (χ2v) is 9.76. The van der Waals surface area contributed by atoms with Crippen molar-refractivity contribution in [1.29, 1.82) is 0 Å². The van der Waals surface area contributed by atoms with Crippen molar-refractivity contribution >= 4 is 28.4 Å². The van der Waals surface area contributed by atoms with E-state index >= 15 is 0 Å². The topological polar surface area (TPSA) is 49.6 Å². The van der Waals surface area contributed by atoms with Gasteiger partial charge in [-0.25, -0.2) is 0 Å². The molecule has 2 aromatic carbocycles. The highest BCUT2D eigenvalue weighted by molar-refractivity contribution is 6.31. The summed E-state index contributed by atoms with van der Waals surface area (Å²) in [5, 5.41) is 1.97. The summed E-state index contributed by atoms with van der Waals surface area (Å²) in [6, 6.07) is 22.0. The van der Waals surface area contributed by atoms with Crippen LogP contribution in [0.2, 0.25) is 5.02 Å². The average molecular weight is 488 g/mol. The summed E-state index contributed by atoms with van der Waals surface area (Å²) in [5.41, 5.74) is 3.42. The quantitative estimate of drug-likeness (QED) is 0.317. The SMILES string of the molecule is CN(C(=O)c1ccco1)C(Cc1ccccc1Cl)C1CCN(Cc2cccc3ncccc23)CC1. The normalized spacial score (nSPS) is 15.8. The van der Waals surface area contributed by atoms with Gasteiger partial charge in [0, 0.05) is 36.2 Å². The Balaban J connectivity index is 1.31. The molecule has 1 aliphatic heterocycles. The second-order valence-electron chi connectivity index (χ2n) is 9.36. The van der Waals surface area contributed by atoms with Crippen molar-refractivity contribution in [3.05, 3.63) is 101 Å². The number of fused-ring (bicyclic) bond motifs is 1. The number of likely N-dealkylation sites (tertiary alicyclic amines) is 1. The summed E-state index contributed by atoms with van der Waals surface area (Å²) in [5.74, 6) is 0.664. The minimum absolute atomic E-state index is 0.0383. The number of halogens is 1. The first-order chi connectivity index (χ1) is 17.1. The maximum absolute atomic E-state index is 13.2. The van der Waals surface area contributed by atoms with Gasteiger partial charge in [-0.2, -0.15) is 0 Å². The maximum atomic E-state index is 13.2. The zero-order valence-corrected chi connectivity index (χ0v) is 20.7. The molecule has 0 saturated carbocycles. The summed E-state index contributed by atoms with van der Waals surface area (Å²) in [6.45, 7) is 2.89. The minimum atomic E-state index is -0.0854. The number of likely N-dealkylation sites (N-methyl/N-ethyl adjacent to an activating group) is 1. The molecule has 1 saturated heterocycles. The molecule has 1 amide bonds. The molecule has 35 heavy (non-hydrogen) atoms. The third-order valence-electron chi connectivity index (χ3n) is 7.24. The Hall–Kier alpha value is -3.15. The Labute approximate surface area is 211 Å². The summed E-state index contributed by atoms with van der Waals surface area (Å²) in [7, 11) is 1.89. The average Bonchev–Trinajstić information content (AvgIpc) is 3.43. The number of furan rings is 1. The van der Waals surface area contributed by atoms with Crippen molar-refractivity contribution in [2.24, 2.45) is 5.92 Å². The largest absolute Gasteiger partial charge is 0.459 e. The molecule has 5 rings (SSSR count). The van der Waals surface area contributed by atoms with Gasteiger partial charge in [-0.05, 0) is 79.7 Å². The Bertz CT molecular complexity index is 1280. The zero-order chi connectivity index (χ0) is 24.2. The molecule has 6 heteroatoms. The number of nitrogens with zero attached hydrogens (tertiary/aromatic N) is 3. The number of carbonyl (C=O) groups excluding carboxylic acids is 1. The fourth-order valence-electron chi connectivity index (χ4n) is 5.28. The number of hydrogen-bond donors (Lipinski definition) is 0. The lowest BCUT2D eigenvalue weighted by atomic mass is 9.84. The van der Waals surface area contributed by atoms with Crippen molar-refractivity contribution in [2.75, 3.05) is 20.1 Å². The highest BCUT2D eigenvalue weighted by Gasteiger charge is 2.33. The molecule has 1 atom stereocenters. The van der Waals surface area contributed by atoms with Crippen LogP contribution in [0.15, 0.2) is 83.6 Å². The molecule has 0 spiro atoms. The highest BCUT2D eigenvalue weighted by atomic mass is 35.5. The van der Waals surface area contributed by atoms with E-state index < -0.39 is 0 Å². The second kappa shape index (κ2) is 10.6. The lowest BCUT2D eigenvalue weighted by Gasteiger charge is -2.40. The van der Waals surface area contributed by atoms with Crippen molar-refractivity contribution < 1.29 is 9.21 Å². The first-order valence-corrected chi connectivity index (χ1v) is 12.6. The standard InChI is InChI=1S/C29H30ClN3O2/c1-32(29(34)28-12-6-18-35-28)27(19-22-7-2-3-10-25(22)30)21-13-16-33(17-14-21)20-23-8-4-11-26-24(23)9-5-15-31-26/h2-12,15,18,21,27H,13-14,16-17,19-20H2,1H3. The fourth-order valence-corrected chi connectivity index (χ4v) is 5.49. The predicted molar refractivity (Wildman–Crippen MR) is 139 cm³/mol. The van der Waals surface area contributed by atoms with Gasteiger partial charge < -0.3 is 9.32 Å². The van der Waals surface area contributed by atoms with Crippen molar-refractivity contribution in [2.45, 2.75) is 31.8 Å². The monoisotopic (exact) mass is 487 g/mol. The molecule has 0 N–H and O–H groups in total. The van der Waals surface area contributed by atoms with Gasteiger partial charge in [0.25, 0.3) is 5.91 Å². The van der Waals surface area contributed by atoms with E-state index in [0.29, 0.717) is 11.7 Å². The van der Waals surface area contributed by atoms with Crippen LogP contribution in [-0.4, -0.2) is 46.9 Å². The van der Waals surface area contributed by atoms with Gasteiger partial charge in [0.1, 0.15) is 0 Å². The maximum Gasteiger partial charge on any atom is 0.289 e. The smallest absolute Gasteiger partial charge is 0.289 e. The number of hydrogen-bond acceptors (Lipinski definition) is 4. The first kappa shape index (κ1) is 23.6. The number of rotatable bonds is 7. The Kier molecular flexibility index (Phi) is 7.16. The third kappa shape index (κ3) is 5.26. The molecular weight excluding hydrogens is 458 g/mol. The van der Waals surface area contributed by atoms with Gasteiger partial charge in [-0.15, -0.1) is 0 Å². The number of pyridine rings is 1. The Morgan fingerprint density at radius 1 is 1.06 bits per heavy atom. The number of amides is 1. The van der Waals surface area contributed by atoms with Crippen LogP contribution in [0.5, 0.6) is 0 Å². The number of benzene rings is 2. The highest BCUT2D eigenvalue weighted by Crippen LogP contribution is 2.30. The van der Waals surface area contributed by atoms with Gasteiger partial charge in [-0.3, -0.25) is 14.7 Å². The molecule has 1 aliphatic rings. The van der Waals surface area contributed by atoms with E-state index in [-0.39, 0.29) is 11.9 Å². The van der Waals surface area contributed by atoms with Crippen LogP contribution in [0.25, 0.3) is 10.9 Å². The van der Waals surface area contributed by atoms with Gasteiger partial charge in [0.2, 0.25) is 0 Å². The van der Waals surface area contributed by atoms with E-state index in [1.165, 1.54) is 10.9 Å². The van der Waals surface area contributed by atoms with Crippen LogP contribution in [0, 0.1) is 5.92 Å². The fraction of sp³-hybridized carbons (Fsp3) is 0.310. The molecule has 180 valence electrons. The number of piperidine rings is 1. The van der Waals surface area contributed by atoms with Crippen LogP contribution in [0.1, 0.15) is 34.5 Å². The van der Waals surface area contributed by atoms with E-state index in [1.807, 2.05) is 42.4 Å². The van der Waals surface area contributed by atoms with Crippen molar-refractivity contribution in [3.63, 3.8) is 0 Å². The molecule has 0 bridgehead atoms. The lowest BCUT2D eigenvalue weighted by molar-refractivity contribution is 0.0556. The molecule has 4 aromatic rings. The third-order valence-corrected chi connectivity index (χ3v) is 7.61. The van der Waals surface area contributed by atoms with Crippen LogP contribution < -0.4 is 0 Å². The van der Waals surface area contributed by atoms with Crippen LogP contribution in [-0.2, 0) is 13.0 Å². The van der Waals surface area contributed by atoms with E-state index in [0.717, 1.165) is 55.0 Å². The molecule has 2 aromatic heterocycles. The molecule has 3 heterocycles. The summed E-state index contributed by atoms with van der Waals surface area (Å²) in [6.07, 6.45) is 6.16. The molecule has 5 nitrogen and oxygen atoms in total. The lowest BCUT2D eigenvalue weighted by Crippen LogP contribution is -2.47. The van der Waals surface area contributed by atoms with Crippen molar-refractivity contribution in [3.8, 4) is 0 Å². The van der Waals surface area contributed by atoms with Gasteiger partial charge in [0.15, 0.2) is 5.76 Å². The molecular formula is C29H30ClN3O2. The number of aromatic nitrogens is 1. The van der Waals surface area contributed by atoms with E-state index in [9.17, 15) is 4.79 Å². The predicted octanol–water partition coefficient (Wildman–Crippen LogP) is 6.08. The number of carbonyl (C=O) groups is 1. The molecule has 1 unspecified atom stereocenters. The molecule has 1 fully saturated rings. The summed E-state index contributed by atoms with van der Waals surface area (Å²) >= 11 is 6.52. The van der Waals surface area contributed by atoms with Gasteiger partial charge >= 0.3 is 0 Å². The molecule has 0 aliphatic carbocycles. The van der Waals surface area contributed by atoms with Crippen LogP contribution in [0.4, 0.5) is 0 Å². The van der Waals surface area contributed by atoms with Crippen LogP contribution >= 0.6 is 11.6 Å². The first-order valence-electron chi connectivity index (χ1n) is 12.2. The summed E-state index contributed by atoms with van der Waals surface area (Å²) in [4.78, 5) is 22.1. The van der Waals surface area contributed by atoms with Gasteiger partial charge in [0.05, 0.1) is 11.8 Å². The van der Waals surface area contributed by atoms with E-state index in [2.05, 4.69) is 40.2 Å². The van der Waals surface area contributed by atoms with Gasteiger partial charge in [-0.1, -0.05) is 48.0 Å². The zero-order valence-electron chi connectivity index (χ0n) is 19.9. The Morgan fingerprint density at radius 3 is 2.63 bits per heavy atom. The van der Waals surface area contributed by atoms with E-state index in [4.69, 9.17) is 16.0 Å². The van der Waals surface area contributed by atoms with Crippen LogP contribution in [0.3, 0.4) is 0 Å². The minimum Gasteiger partial charge on any atom is -0.459 e. The summed E-state index contributed by atoms with van der Waals surface area (Å²) < 4.78 is 5.42. The Morgan fingerprint density at radius 2 is 1.86 bits per heavy atom. The molecule has 0 radical (unpaired) electrons. The van der Waals surface area contributed by atoms with Crippen molar-refractivity contribution in [1.82, 2.24) is 14.8 Å².